The highest BCUT2D eigenvalue weighted by Crippen LogP contribution is 2.28. The first-order chi connectivity index (χ1) is 11.6. The molecular formula is C18H17ClFN3O. The second kappa shape index (κ2) is 7.11. The second-order valence-corrected chi connectivity index (χ2v) is 5.54. The Hall–Kier alpha value is -2.24. The van der Waals surface area contributed by atoms with Gasteiger partial charge in [0.1, 0.15) is 17.4 Å². The Labute approximate surface area is 144 Å². The molecule has 124 valence electrons. The largest absolute Gasteiger partial charge is 0.494 e. The number of alkyl halides is 1. The number of ether oxygens (including phenoxy) is 1. The molecule has 0 fully saturated rings. The third-order valence-electron chi connectivity index (χ3n) is 3.71. The van der Waals surface area contributed by atoms with Crippen LogP contribution in [0.2, 0.25) is 0 Å². The summed E-state index contributed by atoms with van der Waals surface area (Å²) in [6.45, 7) is 2.51. The normalized spacial score (nSPS) is 12.3. The molecular weight excluding hydrogens is 329 g/mol. The van der Waals surface area contributed by atoms with Crippen molar-refractivity contribution in [1.82, 2.24) is 9.97 Å². The number of nitrogens with two attached hydrogens (primary N) is 1. The van der Waals surface area contributed by atoms with Gasteiger partial charge in [0.2, 0.25) is 0 Å². The number of aromatic nitrogens is 2. The van der Waals surface area contributed by atoms with Crippen LogP contribution in [0.4, 0.5) is 4.39 Å². The summed E-state index contributed by atoms with van der Waals surface area (Å²) in [6.07, 6.45) is 0. The van der Waals surface area contributed by atoms with Gasteiger partial charge in [0, 0.05) is 0 Å². The van der Waals surface area contributed by atoms with E-state index in [2.05, 4.69) is 9.97 Å². The molecule has 24 heavy (non-hydrogen) atoms. The molecule has 6 heteroatoms. The molecule has 1 aromatic heterocycles. The second-order valence-electron chi connectivity index (χ2n) is 5.27. The lowest BCUT2D eigenvalue weighted by Crippen LogP contribution is -2.16. The van der Waals surface area contributed by atoms with Gasteiger partial charge in [-0.25, -0.2) is 14.4 Å². The molecule has 0 aliphatic carbocycles. The fourth-order valence-corrected chi connectivity index (χ4v) is 2.72. The number of fused-ring (bicyclic) bond motifs is 1. The van der Waals surface area contributed by atoms with Gasteiger partial charge in [-0.15, -0.1) is 11.6 Å². The van der Waals surface area contributed by atoms with Crippen LogP contribution in [0.15, 0.2) is 42.5 Å². The number of benzene rings is 2. The van der Waals surface area contributed by atoms with Crippen molar-refractivity contribution in [1.29, 1.82) is 0 Å². The summed E-state index contributed by atoms with van der Waals surface area (Å²) in [5.41, 5.74) is 8.09. The van der Waals surface area contributed by atoms with Crippen molar-refractivity contribution < 1.29 is 9.13 Å². The number of hydrogen-bond donors (Lipinski definition) is 1. The molecule has 1 atom stereocenters. The van der Waals surface area contributed by atoms with Crippen LogP contribution in [0, 0.1) is 5.82 Å². The van der Waals surface area contributed by atoms with Crippen LogP contribution >= 0.6 is 11.6 Å². The van der Waals surface area contributed by atoms with Crippen molar-refractivity contribution in [2.75, 3.05) is 6.61 Å². The van der Waals surface area contributed by atoms with E-state index in [1.165, 1.54) is 6.07 Å². The van der Waals surface area contributed by atoms with Gasteiger partial charge < -0.3 is 10.5 Å². The lowest BCUT2D eigenvalue weighted by atomic mass is 10.0. The lowest BCUT2D eigenvalue weighted by Gasteiger charge is -2.16. The van der Waals surface area contributed by atoms with Crippen molar-refractivity contribution >= 4 is 22.5 Å². The Morgan fingerprint density at radius 1 is 1.17 bits per heavy atom. The fraction of sp³-hybridized carbons (Fsp3) is 0.222. The van der Waals surface area contributed by atoms with E-state index < -0.39 is 11.9 Å². The van der Waals surface area contributed by atoms with E-state index >= 15 is 0 Å². The summed E-state index contributed by atoms with van der Waals surface area (Å²) >= 11 is 5.87. The average Bonchev–Trinajstić information content (AvgIpc) is 2.61. The Morgan fingerprint density at radius 3 is 2.58 bits per heavy atom. The molecule has 0 radical (unpaired) electrons. The third-order valence-corrected chi connectivity index (χ3v) is 3.95. The zero-order chi connectivity index (χ0) is 17.1. The average molecular weight is 346 g/mol. The highest BCUT2D eigenvalue weighted by atomic mass is 35.5. The molecule has 0 saturated carbocycles. The van der Waals surface area contributed by atoms with Gasteiger partial charge in [-0.1, -0.05) is 18.2 Å². The summed E-state index contributed by atoms with van der Waals surface area (Å²) < 4.78 is 19.8. The van der Waals surface area contributed by atoms with Gasteiger partial charge in [0.05, 0.1) is 35.1 Å². The Kier molecular flexibility index (Phi) is 4.92. The molecule has 1 unspecified atom stereocenters. The molecule has 4 nitrogen and oxygen atoms in total. The predicted octanol–water partition coefficient (Wildman–Crippen LogP) is 3.95. The first-order valence-corrected chi connectivity index (χ1v) is 8.16. The number of nitrogens with zero attached hydrogens (tertiary/aromatic N) is 2. The van der Waals surface area contributed by atoms with Crippen LogP contribution in [0.3, 0.4) is 0 Å². The number of halogens is 2. The molecule has 2 N–H and O–H groups in total. The number of hydrogen-bond acceptors (Lipinski definition) is 4. The van der Waals surface area contributed by atoms with Gasteiger partial charge in [-0.05, 0) is 36.8 Å². The Balaban J connectivity index is 2.09. The van der Waals surface area contributed by atoms with Crippen molar-refractivity contribution in [3.05, 3.63) is 65.4 Å². The summed E-state index contributed by atoms with van der Waals surface area (Å²) in [5.74, 6) is 0.917. The molecule has 0 aliphatic heterocycles. The van der Waals surface area contributed by atoms with Gasteiger partial charge in [0.15, 0.2) is 0 Å². The van der Waals surface area contributed by atoms with Gasteiger partial charge in [0.25, 0.3) is 0 Å². The topological polar surface area (TPSA) is 61.0 Å². The zero-order valence-corrected chi connectivity index (χ0v) is 13.9. The van der Waals surface area contributed by atoms with E-state index in [1.807, 2.05) is 31.2 Å². The van der Waals surface area contributed by atoms with E-state index in [4.69, 9.17) is 22.1 Å². The molecule has 3 aromatic rings. The molecule has 0 spiro atoms. The molecule has 0 bridgehead atoms. The molecule has 0 aliphatic rings. The lowest BCUT2D eigenvalue weighted by molar-refractivity contribution is 0.340. The molecule has 0 saturated heterocycles. The standard InChI is InChI=1S/C18H17ClFN3O/c1-2-24-12-8-6-11(7-9-12)17(21)18-16-13(20)4-3-5-14(16)22-15(10-19)23-18/h3-9,17H,2,10,21H2,1H3. The first kappa shape index (κ1) is 16.6. The first-order valence-electron chi connectivity index (χ1n) is 7.63. The van der Waals surface area contributed by atoms with Crippen molar-refractivity contribution in [2.45, 2.75) is 18.8 Å². The van der Waals surface area contributed by atoms with E-state index in [0.717, 1.165) is 11.3 Å². The van der Waals surface area contributed by atoms with Gasteiger partial charge in [-0.2, -0.15) is 0 Å². The fourth-order valence-electron chi connectivity index (χ4n) is 2.60. The SMILES string of the molecule is CCOc1ccc(C(N)c2nc(CCl)nc3cccc(F)c23)cc1. The van der Waals surface area contributed by atoms with E-state index in [-0.39, 0.29) is 5.88 Å². The van der Waals surface area contributed by atoms with Crippen LogP contribution < -0.4 is 10.5 Å². The third kappa shape index (κ3) is 3.18. The van der Waals surface area contributed by atoms with Crippen molar-refractivity contribution in [3.63, 3.8) is 0 Å². The highest BCUT2D eigenvalue weighted by Gasteiger charge is 2.19. The van der Waals surface area contributed by atoms with E-state index in [0.29, 0.717) is 29.0 Å². The van der Waals surface area contributed by atoms with Gasteiger partial charge >= 0.3 is 0 Å². The Bertz CT molecular complexity index is 855. The summed E-state index contributed by atoms with van der Waals surface area (Å²) in [6, 6.07) is 11.5. The van der Waals surface area contributed by atoms with Crippen molar-refractivity contribution in [3.8, 4) is 5.75 Å². The minimum absolute atomic E-state index is 0.134. The molecule has 2 aromatic carbocycles. The molecule has 3 rings (SSSR count). The summed E-state index contributed by atoms with van der Waals surface area (Å²) in [7, 11) is 0. The minimum Gasteiger partial charge on any atom is -0.494 e. The van der Waals surface area contributed by atoms with Gasteiger partial charge in [-0.3, -0.25) is 0 Å². The smallest absolute Gasteiger partial charge is 0.144 e. The van der Waals surface area contributed by atoms with Crippen LogP contribution in [0.1, 0.15) is 30.0 Å². The minimum atomic E-state index is -0.593. The van der Waals surface area contributed by atoms with E-state index in [1.54, 1.807) is 12.1 Å². The molecule has 1 heterocycles. The quantitative estimate of drug-likeness (QED) is 0.711. The van der Waals surface area contributed by atoms with Crippen LogP contribution in [0.5, 0.6) is 5.75 Å². The highest BCUT2D eigenvalue weighted by molar-refractivity contribution is 6.16. The van der Waals surface area contributed by atoms with Crippen LogP contribution in [-0.2, 0) is 5.88 Å². The van der Waals surface area contributed by atoms with E-state index in [9.17, 15) is 4.39 Å². The maximum Gasteiger partial charge on any atom is 0.144 e. The monoisotopic (exact) mass is 345 g/mol. The summed E-state index contributed by atoms with van der Waals surface area (Å²) in [4.78, 5) is 8.65. The van der Waals surface area contributed by atoms with Crippen LogP contribution in [-0.4, -0.2) is 16.6 Å². The molecule has 0 amide bonds. The summed E-state index contributed by atoms with van der Waals surface area (Å²) in [5, 5.41) is 0.327. The number of rotatable bonds is 5. The maximum absolute atomic E-state index is 14.3. The zero-order valence-electron chi connectivity index (χ0n) is 13.2. The predicted molar refractivity (Wildman–Crippen MR) is 92.7 cm³/mol. The Morgan fingerprint density at radius 2 is 1.92 bits per heavy atom. The van der Waals surface area contributed by atoms with Crippen LogP contribution in [0.25, 0.3) is 10.9 Å². The van der Waals surface area contributed by atoms with Crippen molar-refractivity contribution in [2.24, 2.45) is 5.73 Å². The maximum atomic E-state index is 14.3.